The zero-order valence-corrected chi connectivity index (χ0v) is 18.9. The SMILES string of the molecule is Cn1cc(C(=O)/N=C(/Nc2cc(-c3ccc(O)c(F)c3)n[nH]2)Nc2ccc(F)c(O)c2F)c(C(F)(F)F)n1. The Balaban J connectivity index is 1.71. The van der Waals surface area contributed by atoms with Crippen LogP contribution in [-0.2, 0) is 13.2 Å². The number of nitrogens with zero attached hydrogens (tertiary/aromatic N) is 4. The number of rotatable bonds is 4. The van der Waals surface area contributed by atoms with Crippen molar-refractivity contribution >= 4 is 23.4 Å². The maximum absolute atomic E-state index is 14.4. The number of phenols is 2. The van der Waals surface area contributed by atoms with Crippen LogP contribution in [0.5, 0.6) is 11.5 Å². The highest BCUT2D eigenvalue weighted by Gasteiger charge is 2.39. The average Bonchev–Trinajstić information content (AvgIpc) is 3.48. The third-order valence-electron chi connectivity index (χ3n) is 4.94. The molecule has 0 aliphatic carbocycles. The van der Waals surface area contributed by atoms with Gasteiger partial charge in [-0.25, -0.2) is 13.2 Å². The molecule has 2 heterocycles. The Bertz CT molecular complexity index is 1560. The fraction of sp³-hybridized carbons (Fsp3) is 0.0909. The fourth-order valence-corrected chi connectivity index (χ4v) is 3.20. The molecule has 2 aromatic carbocycles. The summed E-state index contributed by atoms with van der Waals surface area (Å²) >= 11 is 0. The molecule has 1 amide bonds. The molecular formula is C22H15F6N7O3. The molecule has 38 heavy (non-hydrogen) atoms. The lowest BCUT2D eigenvalue weighted by atomic mass is 10.1. The maximum atomic E-state index is 14.4. The number of nitrogens with one attached hydrogen (secondary N) is 3. The summed E-state index contributed by atoms with van der Waals surface area (Å²) in [7, 11) is 1.15. The summed E-state index contributed by atoms with van der Waals surface area (Å²) in [6, 6.07) is 6.20. The van der Waals surface area contributed by atoms with Crippen molar-refractivity contribution in [2.75, 3.05) is 10.6 Å². The summed E-state index contributed by atoms with van der Waals surface area (Å²) in [5.74, 6) is -7.81. The smallest absolute Gasteiger partial charge is 0.435 e. The van der Waals surface area contributed by atoms with E-state index in [1.165, 1.54) is 12.1 Å². The van der Waals surface area contributed by atoms with Gasteiger partial charge in [-0.15, -0.1) is 0 Å². The van der Waals surface area contributed by atoms with Gasteiger partial charge in [-0.3, -0.25) is 14.6 Å². The summed E-state index contributed by atoms with van der Waals surface area (Å²) in [5.41, 5.74) is -2.68. The lowest BCUT2D eigenvalue weighted by molar-refractivity contribution is -0.141. The average molecular weight is 539 g/mol. The molecule has 0 saturated carbocycles. The summed E-state index contributed by atoms with van der Waals surface area (Å²) in [6.45, 7) is 0. The van der Waals surface area contributed by atoms with Crippen LogP contribution in [0, 0.1) is 17.5 Å². The number of aliphatic imine (C=N–C) groups is 1. The van der Waals surface area contributed by atoms with Crippen LogP contribution in [0.15, 0.2) is 47.6 Å². The van der Waals surface area contributed by atoms with Crippen molar-refractivity contribution in [3.63, 3.8) is 0 Å². The van der Waals surface area contributed by atoms with E-state index < -0.39 is 63.9 Å². The van der Waals surface area contributed by atoms with E-state index in [0.717, 1.165) is 36.1 Å². The molecule has 0 aliphatic rings. The lowest BCUT2D eigenvalue weighted by Crippen LogP contribution is -2.25. The van der Waals surface area contributed by atoms with Crippen molar-refractivity contribution in [3.8, 4) is 22.8 Å². The first kappa shape index (κ1) is 26.1. The van der Waals surface area contributed by atoms with Crippen molar-refractivity contribution in [1.29, 1.82) is 0 Å². The van der Waals surface area contributed by atoms with E-state index in [2.05, 4.69) is 30.9 Å². The minimum atomic E-state index is -4.99. The van der Waals surface area contributed by atoms with Crippen molar-refractivity contribution in [2.45, 2.75) is 6.18 Å². The van der Waals surface area contributed by atoms with Gasteiger partial charge in [0.2, 0.25) is 5.96 Å². The van der Waals surface area contributed by atoms with Crippen molar-refractivity contribution in [1.82, 2.24) is 20.0 Å². The predicted molar refractivity (Wildman–Crippen MR) is 121 cm³/mol. The predicted octanol–water partition coefficient (Wildman–Crippen LogP) is 4.38. The Morgan fingerprint density at radius 3 is 2.47 bits per heavy atom. The molecule has 0 aliphatic heterocycles. The van der Waals surface area contributed by atoms with Crippen LogP contribution in [0.25, 0.3) is 11.3 Å². The molecule has 0 unspecified atom stereocenters. The Hall–Kier alpha value is -5.02. The maximum Gasteiger partial charge on any atom is 0.435 e. The quantitative estimate of drug-likeness (QED) is 0.147. The van der Waals surface area contributed by atoms with Gasteiger partial charge in [-0.1, -0.05) is 0 Å². The molecular weight excluding hydrogens is 524 g/mol. The van der Waals surface area contributed by atoms with Gasteiger partial charge in [0, 0.05) is 24.9 Å². The van der Waals surface area contributed by atoms with Gasteiger partial charge in [0.15, 0.2) is 34.6 Å². The normalized spacial score (nSPS) is 12.0. The molecule has 0 saturated heterocycles. The first-order valence-electron chi connectivity index (χ1n) is 10.3. The van der Waals surface area contributed by atoms with Crippen LogP contribution < -0.4 is 10.6 Å². The third kappa shape index (κ3) is 5.37. The molecule has 0 radical (unpaired) electrons. The number of halogens is 6. The Morgan fingerprint density at radius 2 is 1.79 bits per heavy atom. The van der Waals surface area contributed by atoms with Crippen LogP contribution in [0.2, 0.25) is 0 Å². The number of phenolic OH excluding ortho intramolecular Hbond substituents is 2. The second-order valence-electron chi connectivity index (χ2n) is 7.67. The third-order valence-corrected chi connectivity index (χ3v) is 4.94. The summed E-state index contributed by atoms with van der Waals surface area (Å²) < 4.78 is 82.3. The Labute approximate surface area is 208 Å². The van der Waals surface area contributed by atoms with E-state index in [1.807, 2.05) is 0 Å². The van der Waals surface area contributed by atoms with Crippen molar-refractivity contribution < 1.29 is 41.4 Å². The standard InChI is InChI=1S/C22H15F6N7O3/c1-35-8-10(19(34-35)22(26,27)28)20(38)31-21(29-13-4-3-11(23)18(37)17(13)25)30-16-7-14(32-33-16)9-2-5-15(36)12(24)6-9/h2-8,36-37H,1H3,(H3,29,30,31,32,33,38). The van der Waals surface area contributed by atoms with E-state index in [-0.39, 0.29) is 17.1 Å². The first-order valence-corrected chi connectivity index (χ1v) is 10.3. The molecule has 0 spiro atoms. The van der Waals surface area contributed by atoms with Gasteiger partial charge in [-0.05, 0) is 30.3 Å². The molecule has 4 rings (SSSR count). The number of alkyl halides is 3. The van der Waals surface area contributed by atoms with E-state index in [1.54, 1.807) is 0 Å². The highest BCUT2D eigenvalue weighted by atomic mass is 19.4. The van der Waals surface area contributed by atoms with Crippen LogP contribution in [-0.4, -0.2) is 42.1 Å². The number of aromatic hydroxyl groups is 2. The van der Waals surface area contributed by atoms with Crippen molar-refractivity contribution in [2.24, 2.45) is 12.0 Å². The van der Waals surface area contributed by atoms with E-state index in [0.29, 0.717) is 6.07 Å². The Kier molecular flexibility index (Phi) is 6.72. The van der Waals surface area contributed by atoms with Crippen LogP contribution >= 0.6 is 0 Å². The molecule has 0 fully saturated rings. The highest BCUT2D eigenvalue weighted by Crippen LogP contribution is 2.31. The zero-order valence-electron chi connectivity index (χ0n) is 18.9. The molecule has 4 aromatic rings. The summed E-state index contributed by atoms with van der Waals surface area (Å²) in [6.07, 6.45) is -4.21. The molecule has 2 aromatic heterocycles. The second kappa shape index (κ2) is 9.79. The number of anilines is 2. The number of aromatic amines is 1. The minimum absolute atomic E-state index is 0.0542. The number of guanidine groups is 1. The number of amides is 1. The lowest BCUT2D eigenvalue weighted by Gasteiger charge is -2.12. The molecule has 5 N–H and O–H groups in total. The van der Waals surface area contributed by atoms with Crippen LogP contribution in [0.3, 0.4) is 0 Å². The first-order chi connectivity index (χ1) is 17.8. The van der Waals surface area contributed by atoms with Gasteiger partial charge in [0.1, 0.15) is 5.82 Å². The molecule has 10 nitrogen and oxygen atoms in total. The number of carbonyl (C=O) groups excluding carboxylic acids is 1. The zero-order chi connectivity index (χ0) is 27.8. The molecule has 0 bridgehead atoms. The number of aromatic nitrogens is 4. The molecule has 0 atom stereocenters. The monoisotopic (exact) mass is 539 g/mol. The number of hydrogen-bond acceptors (Lipinski definition) is 5. The number of H-pyrrole nitrogens is 1. The molecule has 16 heteroatoms. The van der Waals surface area contributed by atoms with E-state index >= 15 is 0 Å². The highest BCUT2D eigenvalue weighted by molar-refractivity contribution is 6.12. The van der Waals surface area contributed by atoms with Crippen LogP contribution in [0.4, 0.5) is 37.8 Å². The largest absolute Gasteiger partial charge is 0.505 e. The van der Waals surface area contributed by atoms with Crippen molar-refractivity contribution in [3.05, 3.63) is 71.3 Å². The topological polar surface area (TPSA) is 140 Å². The van der Waals surface area contributed by atoms with Gasteiger partial charge >= 0.3 is 6.18 Å². The number of aryl methyl sites for hydroxylation is 1. The molecule has 198 valence electrons. The Morgan fingerprint density at radius 1 is 1.05 bits per heavy atom. The van der Waals surface area contributed by atoms with Gasteiger partial charge < -0.3 is 20.8 Å². The number of carbonyl (C=O) groups is 1. The summed E-state index contributed by atoms with van der Waals surface area (Å²) in [5, 5.41) is 33.2. The van der Waals surface area contributed by atoms with Gasteiger partial charge in [0.25, 0.3) is 5.91 Å². The van der Waals surface area contributed by atoms with E-state index in [4.69, 9.17) is 0 Å². The van der Waals surface area contributed by atoms with Gasteiger partial charge in [-0.2, -0.15) is 28.4 Å². The summed E-state index contributed by atoms with van der Waals surface area (Å²) in [4.78, 5) is 16.2. The van der Waals surface area contributed by atoms with E-state index in [9.17, 15) is 41.4 Å². The van der Waals surface area contributed by atoms with Crippen LogP contribution in [0.1, 0.15) is 16.1 Å². The van der Waals surface area contributed by atoms with Gasteiger partial charge in [0.05, 0.1) is 16.9 Å². The fourth-order valence-electron chi connectivity index (χ4n) is 3.20. The second-order valence-corrected chi connectivity index (χ2v) is 7.67. The number of hydrogen-bond donors (Lipinski definition) is 5. The number of benzene rings is 2. The minimum Gasteiger partial charge on any atom is -0.505 e.